The Morgan fingerprint density at radius 1 is 1.28 bits per heavy atom. The Kier molecular flexibility index (Phi) is 5.32. The van der Waals surface area contributed by atoms with E-state index in [1.807, 2.05) is 13.8 Å². The normalized spacial score (nSPS) is 17.2. The summed E-state index contributed by atoms with van der Waals surface area (Å²) in [6.07, 6.45) is 0. The standard InChI is InChI=1S/C15H20N4O4S2/c1-10(2)13(15(20)19-6-8-23-9-7-19)18-25(21,22)12-5-3-4-11-14(12)17-24-16-11/h3-5,10,13,18H,6-9H2,1-2H3/t13-/m0/s1. The molecule has 2 heterocycles. The molecule has 1 aromatic carbocycles. The minimum atomic E-state index is -3.91. The van der Waals surface area contributed by atoms with Crippen LogP contribution < -0.4 is 4.72 Å². The lowest BCUT2D eigenvalue weighted by molar-refractivity contribution is -0.138. The number of hydrogen-bond donors (Lipinski definition) is 1. The van der Waals surface area contributed by atoms with Crippen molar-refractivity contribution in [2.45, 2.75) is 24.8 Å². The van der Waals surface area contributed by atoms with Gasteiger partial charge in [-0.25, -0.2) is 8.42 Å². The molecule has 0 radical (unpaired) electrons. The van der Waals surface area contributed by atoms with Gasteiger partial charge in [0, 0.05) is 13.1 Å². The van der Waals surface area contributed by atoms with Crippen molar-refractivity contribution in [3.63, 3.8) is 0 Å². The number of aromatic nitrogens is 2. The summed E-state index contributed by atoms with van der Waals surface area (Å²) in [5.41, 5.74) is 0.842. The van der Waals surface area contributed by atoms with Crippen molar-refractivity contribution in [2.75, 3.05) is 26.3 Å². The second-order valence-electron chi connectivity index (χ2n) is 6.17. The highest BCUT2D eigenvalue weighted by atomic mass is 32.2. The molecule has 8 nitrogen and oxygen atoms in total. The number of morpholine rings is 1. The number of amides is 1. The summed E-state index contributed by atoms with van der Waals surface area (Å²) < 4.78 is 41.7. The van der Waals surface area contributed by atoms with Crippen molar-refractivity contribution < 1.29 is 17.9 Å². The lowest BCUT2D eigenvalue weighted by Crippen LogP contribution is -2.53. The molecule has 1 saturated heterocycles. The van der Waals surface area contributed by atoms with Crippen LogP contribution in [0.15, 0.2) is 23.1 Å². The molecule has 0 saturated carbocycles. The van der Waals surface area contributed by atoms with Crippen LogP contribution in [-0.2, 0) is 19.6 Å². The first-order valence-corrected chi connectivity index (χ1v) is 10.2. The van der Waals surface area contributed by atoms with E-state index in [2.05, 4.69) is 13.5 Å². The van der Waals surface area contributed by atoms with Gasteiger partial charge >= 0.3 is 0 Å². The molecule has 1 aromatic heterocycles. The number of hydrogen-bond acceptors (Lipinski definition) is 7. The number of carbonyl (C=O) groups excluding carboxylic acids is 1. The third kappa shape index (κ3) is 3.81. The minimum Gasteiger partial charge on any atom is -0.378 e. The lowest BCUT2D eigenvalue weighted by atomic mass is 10.0. The largest absolute Gasteiger partial charge is 0.378 e. The Balaban J connectivity index is 1.88. The van der Waals surface area contributed by atoms with Gasteiger partial charge in [0.25, 0.3) is 0 Å². The number of ether oxygens (including phenoxy) is 1. The average Bonchev–Trinajstić information content (AvgIpc) is 3.08. The molecule has 3 rings (SSSR count). The van der Waals surface area contributed by atoms with Crippen molar-refractivity contribution in [1.29, 1.82) is 0 Å². The Hall–Kier alpha value is -1.62. The van der Waals surface area contributed by atoms with Crippen LogP contribution in [0.5, 0.6) is 0 Å². The number of benzene rings is 1. The van der Waals surface area contributed by atoms with Gasteiger partial charge in [-0.3, -0.25) is 4.79 Å². The number of carbonyl (C=O) groups is 1. The fourth-order valence-electron chi connectivity index (χ4n) is 2.68. The summed E-state index contributed by atoms with van der Waals surface area (Å²) in [6, 6.07) is 3.95. The van der Waals surface area contributed by atoms with Gasteiger partial charge in [0.2, 0.25) is 15.9 Å². The van der Waals surface area contributed by atoms with Crippen LogP contribution in [-0.4, -0.2) is 60.3 Å². The third-order valence-corrected chi connectivity index (χ3v) is 6.09. The van der Waals surface area contributed by atoms with Crippen LogP contribution in [0.25, 0.3) is 11.0 Å². The molecule has 1 atom stereocenters. The second-order valence-corrected chi connectivity index (χ2v) is 8.38. The van der Waals surface area contributed by atoms with Crippen molar-refractivity contribution in [3.05, 3.63) is 18.2 Å². The highest BCUT2D eigenvalue weighted by molar-refractivity contribution is 7.89. The Labute approximate surface area is 150 Å². The topological polar surface area (TPSA) is 101 Å². The first-order valence-electron chi connectivity index (χ1n) is 8.00. The van der Waals surface area contributed by atoms with Gasteiger partial charge in [0.15, 0.2) is 0 Å². The molecular weight excluding hydrogens is 364 g/mol. The molecule has 1 N–H and O–H groups in total. The maximum atomic E-state index is 12.9. The molecule has 0 unspecified atom stereocenters. The van der Waals surface area contributed by atoms with E-state index in [0.29, 0.717) is 37.3 Å². The second kappa shape index (κ2) is 7.32. The Bertz CT molecular complexity index is 859. The zero-order valence-electron chi connectivity index (χ0n) is 14.0. The van der Waals surface area contributed by atoms with E-state index in [4.69, 9.17) is 4.74 Å². The third-order valence-electron chi connectivity index (χ3n) is 4.08. The van der Waals surface area contributed by atoms with E-state index < -0.39 is 16.1 Å². The SMILES string of the molecule is CC(C)[C@H](NS(=O)(=O)c1cccc2nsnc12)C(=O)N1CCOCC1. The number of nitrogens with zero attached hydrogens (tertiary/aromatic N) is 3. The molecule has 0 spiro atoms. The monoisotopic (exact) mass is 384 g/mol. The quantitative estimate of drug-likeness (QED) is 0.820. The van der Waals surface area contributed by atoms with E-state index in [1.165, 1.54) is 6.07 Å². The van der Waals surface area contributed by atoms with Gasteiger partial charge in [-0.1, -0.05) is 19.9 Å². The minimum absolute atomic E-state index is 0.0409. The molecule has 2 aromatic rings. The molecule has 136 valence electrons. The smallest absolute Gasteiger partial charge is 0.243 e. The van der Waals surface area contributed by atoms with Crippen molar-refractivity contribution in [3.8, 4) is 0 Å². The summed E-state index contributed by atoms with van der Waals surface area (Å²) in [7, 11) is -3.91. The summed E-state index contributed by atoms with van der Waals surface area (Å²) in [6.45, 7) is 5.50. The predicted molar refractivity (Wildman–Crippen MR) is 93.8 cm³/mol. The lowest BCUT2D eigenvalue weighted by Gasteiger charge is -2.32. The molecule has 1 aliphatic rings. The van der Waals surface area contributed by atoms with Crippen LogP contribution in [0.1, 0.15) is 13.8 Å². The molecule has 1 aliphatic heterocycles. The Morgan fingerprint density at radius 3 is 2.68 bits per heavy atom. The van der Waals surface area contributed by atoms with Gasteiger partial charge < -0.3 is 9.64 Å². The maximum Gasteiger partial charge on any atom is 0.243 e. The first-order chi connectivity index (χ1) is 11.9. The van der Waals surface area contributed by atoms with Gasteiger partial charge in [-0.2, -0.15) is 13.5 Å². The molecule has 1 amide bonds. The van der Waals surface area contributed by atoms with Crippen molar-refractivity contribution >= 4 is 38.7 Å². The van der Waals surface area contributed by atoms with Crippen LogP contribution in [0.4, 0.5) is 0 Å². The summed E-state index contributed by atoms with van der Waals surface area (Å²) in [5.74, 6) is -0.427. The van der Waals surface area contributed by atoms with Crippen molar-refractivity contribution in [2.24, 2.45) is 5.92 Å². The van der Waals surface area contributed by atoms with Crippen LogP contribution in [0.3, 0.4) is 0 Å². The summed E-state index contributed by atoms with van der Waals surface area (Å²) in [4.78, 5) is 14.5. The highest BCUT2D eigenvalue weighted by Crippen LogP contribution is 2.22. The van der Waals surface area contributed by atoms with Gasteiger partial charge in [0.1, 0.15) is 22.0 Å². The number of sulfonamides is 1. The van der Waals surface area contributed by atoms with Crippen LogP contribution in [0.2, 0.25) is 0 Å². The molecule has 1 fully saturated rings. The zero-order valence-corrected chi connectivity index (χ0v) is 15.6. The van der Waals surface area contributed by atoms with Gasteiger partial charge in [0.05, 0.1) is 24.9 Å². The highest BCUT2D eigenvalue weighted by Gasteiger charge is 2.33. The van der Waals surface area contributed by atoms with Crippen LogP contribution >= 0.6 is 11.7 Å². The summed E-state index contributed by atoms with van der Waals surface area (Å²) in [5, 5.41) is 0. The molecule has 25 heavy (non-hydrogen) atoms. The van der Waals surface area contributed by atoms with Gasteiger partial charge in [-0.15, -0.1) is 0 Å². The maximum absolute atomic E-state index is 12.9. The average molecular weight is 384 g/mol. The van der Waals surface area contributed by atoms with E-state index in [1.54, 1.807) is 17.0 Å². The molecule has 10 heteroatoms. The number of fused-ring (bicyclic) bond motifs is 1. The summed E-state index contributed by atoms with van der Waals surface area (Å²) >= 11 is 0.956. The Morgan fingerprint density at radius 2 is 2.00 bits per heavy atom. The van der Waals surface area contributed by atoms with E-state index in [0.717, 1.165) is 11.7 Å². The predicted octanol–water partition coefficient (Wildman–Crippen LogP) is 0.853. The fraction of sp³-hybridized carbons (Fsp3) is 0.533. The number of rotatable bonds is 5. The first kappa shape index (κ1) is 18.2. The molecule has 0 bridgehead atoms. The van der Waals surface area contributed by atoms with E-state index in [-0.39, 0.29) is 16.7 Å². The molecular formula is C15H20N4O4S2. The zero-order chi connectivity index (χ0) is 18.0. The van der Waals surface area contributed by atoms with Gasteiger partial charge in [-0.05, 0) is 18.1 Å². The van der Waals surface area contributed by atoms with E-state index in [9.17, 15) is 13.2 Å². The fourth-order valence-corrected chi connectivity index (χ4v) is 4.79. The molecule has 0 aliphatic carbocycles. The van der Waals surface area contributed by atoms with E-state index >= 15 is 0 Å². The number of nitrogens with one attached hydrogen (secondary N) is 1. The van der Waals surface area contributed by atoms with Crippen molar-refractivity contribution in [1.82, 2.24) is 18.4 Å². The van der Waals surface area contributed by atoms with Crippen LogP contribution in [0, 0.1) is 5.92 Å².